The molecule has 0 aliphatic heterocycles. The van der Waals surface area contributed by atoms with Crippen LogP contribution in [-0.2, 0) is 4.79 Å². The van der Waals surface area contributed by atoms with Crippen LogP contribution in [0.25, 0.3) is 0 Å². The maximum absolute atomic E-state index is 11.5. The first-order chi connectivity index (χ1) is 8.58. The zero-order valence-electron chi connectivity index (χ0n) is 10.1. The summed E-state index contributed by atoms with van der Waals surface area (Å²) in [6.07, 6.45) is -0.878. The van der Waals surface area contributed by atoms with Crippen LogP contribution in [0.15, 0.2) is 24.3 Å². The highest BCUT2D eigenvalue weighted by atomic mass is 16.5. The maximum atomic E-state index is 11.5. The molecule has 1 aromatic carbocycles. The van der Waals surface area contributed by atoms with E-state index in [1.165, 1.54) is 14.0 Å². The number of amides is 3. The van der Waals surface area contributed by atoms with Crippen molar-refractivity contribution in [1.82, 2.24) is 10.6 Å². The summed E-state index contributed by atoms with van der Waals surface area (Å²) in [6.45, 7) is 1.49. The van der Waals surface area contributed by atoms with Crippen molar-refractivity contribution in [2.75, 3.05) is 7.05 Å². The molecule has 1 atom stereocenters. The Morgan fingerprint density at radius 2 is 2.06 bits per heavy atom. The Bertz CT molecular complexity index is 494. The lowest BCUT2D eigenvalue weighted by Gasteiger charge is -2.14. The van der Waals surface area contributed by atoms with Gasteiger partial charge in [0.05, 0.1) is 5.56 Å². The third-order valence-corrected chi connectivity index (χ3v) is 2.14. The van der Waals surface area contributed by atoms with Crippen LogP contribution < -0.4 is 15.4 Å². The number of hydrogen-bond acceptors (Lipinski definition) is 4. The fourth-order valence-electron chi connectivity index (χ4n) is 1.18. The largest absolute Gasteiger partial charge is 0.480 e. The molecule has 0 aromatic heterocycles. The van der Waals surface area contributed by atoms with Gasteiger partial charge in [-0.05, 0) is 19.1 Å². The van der Waals surface area contributed by atoms with E-state index in [1.807, 2.05) is 6.07 Å². The summed E-state index contributed by atoms with van der Waals surface area (Å²) in [5, 5.41) is 13.2. The molecule has 0 aliphatic carbocycles. The standard InChI is InChI=1S/C12H13N3O3/c1-8(11(16)15-12(17)14-2)18-10-6-4-3-5-9(10)7-13/h3-6,8H,1-2H3,(H2,14,15,16,17)/t8-/m1/s1. The van der Waals surface area contributed by atoms with E-state index in [4.69, 9.17) is 10.00 Å². The molecule has 1 aromatic rings. The highest BCUT2D eigenvalue weighted by Crippen LogP contribution is 2.17. The van der Waals surface area contributed by atoms with Crippen molar-refractivity contribution in [1.29, 1.82) is 5.26 Å². The SMILES string of the molecule is CNC(=O)NC(=O)[C@@H](C)Oc1ccccc1C#N. The van der Waals surface area contributed by atoms with Gasteiger partial charge in [0.25, 0.3) is 5.91 Å². The lowest BCUT2D eigenvalue weighted by molar-refractivity contribution is -0.126. The minimum absolute atomic E-state index is 0.305. The van der Waals surface area contributed by atoms with Crippen LogP contribution in [0.5, 0.6) is 5.75 Å². The Kier molecular flexibility index (Phi) is 4.69. The van der Waals surface area contributed by atoms with E-state index in [-0.39, 0.29) is 0 Å². The number of hydrogen-bond donors (Lipinski definition) is 2. The van der Waals surface area contributed by atoms with Crippen molar-refractivity contribution in [3.63, 3.8) is 0 Å². The van der Waals surface area contributed by atoms with E-state index < -0.39 is 18.0 Å². The van der Waals surface area contributed by atoms with E-state index in [1.54, 1.807) is 24.3 Å². The summed E-state index contributed by atoms with van der Waals surface area (Å²) in [5.74, 6) is -0.276. The molecule has 0 spiro atoms. The van der Waals surface area contributed by atoms with E-state index in [2.05, 4.69) is 10.6 Å². The predicted molar refractivity (Wildman–Crippen MR) is 63.8 cm³/mol. The predicted octanol–water partition coefficient (Wildman–Crippen LogP) is 0.781. The van der Waals surface area contributed by atoms with Crippen molar-refractivity contribution in [2.24, 2.45) is 0 Å². The summed E-state index contributed by atoms with van der Waals surface area (Å²) >= 11 is 0. The number of urea groups is 1. The molecular formula is C12H13N3O3. The lowest BCUT2D eigenvalue weighted by atomic mass is 10.2. The number of ether oxygens (including phenoxy) is 1. The van der Waals surface area contributed by atoms with Crippen LogP contribution in [0.1, 0.15) is 12.5 Å². The molecular weight excluding hydrogens is 234 g/mol. The third kappa shape index (κ3) is 3.49. The molecule has 1 rings (SSSR count). The van der Waals surface area contributed by atoms with E-state index in [0.29, 0.717) is 11.3 Å². The first-order valence-corrected chi connectivity index (χ1v) is 5.27. The van der Waals surface area contributed by atoms with Crippen molar-refractivity contribution in [2.45, 2.75) is 13.0 Å². The van der Waals surface area contributed by atoms with Crippen LogP contribution in [0.3, 0.4) is 0 Å². The van der Waals surface area contributed by atoms with Gasteiger partial charge in [-0.25, -0.2) is 4.79 Å². The minimum Gasteiger partial charge on any atom is -0.480 e. The molecule has 0 saturated heterocycles. The molecule has 6 heteroatoms. The zero-order chi connectivity index (χ0) is 13.5. The molecule has 0 unspecified atom stereocenters. The number of carbonyl (C=O) groups excluding carboxylic acids is 2. The monoisotopic (exact) mass is 247 g/mol. The van der Waals surface area contributed by atoms with Crippen LogP contribution in [0.4, 0.5) is 4.79 Å². The van der Waals surface area contributed by atoms with Gasteiger partial charge in [-0.2, -0.15) is 5.26 Å². The van der Waals surface area contributed by atoms with Crippen LogP contribution in [0, 0.1) is 11.3 Å². The summed E-state index contributed by atoms with van der Waals surface area (Å²) in [7, 11) is 1.40. The summed E-state index contributed by atoms with van der Waals surface area (Å²) in [6, 6.07) is 7.91. The highest BCUT2D eigenvalue weighted by molar-refractivity contribution is 5.96. The number of para-hydroxylation sites is 1. The van der Waals surface area contributed by atoms with Gasteiger partial charge in [0.1, 0.15) is 11.8 Å². The number of nitrogens with one attached hydrogen (secondary N) is 2. The molecule has 0 saturated carbocycles. The number of benzene rings is 1. The smallest absolute Gasteiger partial charge is 0.321 e. The Balaban J connectivity index is 2.70. The molecule has 0 radical (unpaired) electrons. The second kappa shape index (κ2) is 6.25. The first kappa shape index (κ1) is 13.5. The molecule has 0 heterocycles. The van der Waals surface area contributed by atoms with Crippen molar-refractivity contribution in [3.05, 3.63) is 29.8 Å². The van der Waals surface area contributed by atoms with Gasteiger partial charge in [-0.1, -0.05) is 12.1 Å². The second-order valence-corrected chi connectivity index (χ2v) is 3.44. The van der Waals surface area contributed by atoms with Crippen LogP contribution in [-0.4, -0.2) is 25.1 Å². The van der Waals surface area contributed by atoms with Gasteiger partial charge in [0.15, 0.2) is 6.10 Å². The zero-order valence-corrected chi connectivity index (χ0v) is 10.1. The van der Waals surface area contributed by atoms with Crippen LogP contribution in [0.2, 0.25) is 0 Å². The van der Waals surface area contributed by atoms with E-state index >= 15 is 0 Å². The average Bonchev–Trinajstić information content (AvgIpc) is 2.39. The molecule has 6 nitrogen and oxygen atoms in total. The normalized spacial score (nSPS) is 10.9. The summed E-state index contributed by atoms with van der Waals surface area (Å²) in [4.78, 5) is 22.5. The Morgan fingerprint density at radius 1 is 1.39 bits per heavy atom. The number of nitriles is 1. The third-order valence-electron chi connectivity index (χ3n) is 2.14. The van der Waals surface area contributed by atoms with E-state index in [9.17, 15) is 9.59 Å². The first-order valence-electron chi connectivity index (χ1n) is 5.27. The number of rotatable bonds is 3. The maximum Gasteiger partial charge on any atom is 0.321 e. The lowest BCUT2D eigenvalue weighted by Crippen LogP contribution is -2.44. The quantitative estimate of drug-likeness (QED) is 0.825. The summed E-state index contributed by atoms with van der Waals surface area (Å²) < 4.78 is 5.33. The molecule has 0 aliphatic rings. The molecule has 94 valence electrons. The fraction of sp³-hybridized carbons (Fsp3) is 0.250. The fourth-order valence-corrected chi connectivity index (χ4v) is 1.18. The minimum atomic E-state index is -0.878. The Hall–Kier alpha value is -2.55. The highest BCUT2D eigenvalue weighted by Gasteiger charge is 2.17. The number of nitrogens with zero attached hydrogens (tertiary/aromatic N) is 1. The molecule has 0 bridgehead atoms. The second-order valence-electron chi connectivity index (χ2n) is 3.44. The van der Waals surface area contributed by atoms with E-state index in [0.717, 1.165) is 0 Å². The van der Waals surface area contributed by atoms with Gasteiger partial charge in [-0.15, -0.1) is 0 Å². The van der Waals surface area contributed by atoms with Crippen LogP contribution >= 0.6 is 0 Å². The van der Waals surface area contributed by atoms with Crippen molar-refractivity contribution in [3.8, 4) is 11.8 Å². The molecule has 2 N–H and O–H groups in total. The van der Waals surface area contributed by atoms with Gasteiger partial charge in [-0.3, -0.25) is 10.1 Å². The molecule has 0 fully saturated rings. The van der Waals surface area contributed by atoms with Gasteiger partial charge in [0, 0.05) is 7.05 Å². The van der Waals surface area contributed by atoms with Gasteiger partial charge < -0.3 is 10.1 Å². The van der Waals surface area contributed by atoms with Gasteiger partial charge in [0.2, 0.25) is 0 Å². The topological polar surface area (TPSA) is 91.2 Å². The van der Waals surface area contributed by atoms with Gasteiger partial charge >= 0.3 is 6.03 Å². The molecule has 3 amide bonds. The average molecular weight is 247 g/mol. The van der Waals surface area contributed by atoms with Crippen molar-refractivity contribution < 1.29 is 14.3 Å². The Labute approximate surface area is 105 Å². The summed E-state index contributed by atoms with van der Waals surface area (Å²) in [5.41, 5.74) is 0.331. The number of carbonyl (C=O) groups is 2. The van der Waals surface area contributed by atoms with Crippen molar-refractivity contribution >= 4 is 11.9 Å². The Morgan fingerprint density at radius 3 is 2.67 bits per heavy atom. The number of imide groups is 1. The molecule has 18 heavy (non-hydrogen) atoms.